The molecule has 6 nitrogen and oxygen atoms in total. The SMILES string of the molecule is O=S(=O)(O)Oc1c(-c2ccccc2)n[nH]c1-c1ccccc1. The van der Waals surface area contributed by atoms with Crippen molar-refractivity contribution in [3.8, 4) is 28.3 Å². The van der Waals surface area contributed by atoms with Crippen molar-refractivity contribution in [3.63, 3.8) is 0 Å². The van der Waals surface area contributed by atoms with Crippen molar-refractivity contribution < 1.29 is 17.2 Å². The summed E-state index contributed by atoms with van der Waals surface area (Å²) in [5, 5.41) is 6.88. The zero-order chi connectivity index (χ0) is 15.6. The Morgan fingerprint density at radius 3 is 2.00 bits per heavy atom. The van der Waals surface area contributed by atoms with Crippen LogP contribution in [0.1, 0.15) is 0 Å². The lowest BCUT2D eigenvalue weighted by atomic mass is 10.1. The fourth-order valence-corrected chi connectivity index (χ4v) is 2.48. The van der Waals surface area contributed by atoms with E-state index < -0.39 is 10.4 Å². The van der Waals surface area contributed by atoms with Gasteiger partial charge in [0.05, 0.1) is 0 Å². The molecule has 1 heterocycles. The average Bonchev–Trinajstić information content (AvgIpc) is 2.90. The second-order valence-electron chi connectivity index (χ2n) is 4.52. The maximum atomic E-state index is 11.2. The van der Waals surface area contributed by atoms with E-state index in [-0.39, 0.29) is 5.75 Å². The highest BCUT2D eigenvalue weighted by Crippen LogP contribution is 2.37. The molecule has 2 aromatic carbocycles. The number of aromatic nitrogens is 2. The summed E-state index contributed by atoms with van der Waals surface area (Å²) in [6.07, 6.45) is 0. The van der Waals surface area contributed by atoms with Gasteiger partial charge in [-0.25, -0.2) is 0 Å². The molecule has 0 radical (unpaired) electrons. The summed E-state index contributed by atoms with van der Waals surface area (Å²) in [6, 6.07) is 17.9. The van der Waals surface area contributed by atoms with Gasteiger partial charge in [-0.3, -0.25) is 9.65 Å². The minimum atomic E-state index is -4.67. The molecule has 0 fully saturated rings. The van der Waals surface area contributed by atoms with Crippen LogP contribution in [0, 0.1) is 0 Å². The molecule has 3 aromatic rings. The standard InChI is InChI=1S/C15H12N2O4S/c18-22(19,20)21-15-13(11-7-3-1-4-8-11)16-17-14(15)12-9-5-2-6-10-12/h1-10H,(H,16,17)(H,18,19,20). The molecule has 0 amide bonds. The summed E-state index contributed by atoms with van der Waals surface area (Å²) >= 11 is 0. The number of rotatable bonds is 4. The zero-order valence-electron chi connectivity index (χ0n) is 11.3. The molecular weight excluding hydrogens is 304 g/mol. The van der Waals surface area contributed by atoms with Crippen LogP contribution in [0.3, 0.4) is 0 Å². The van der Waals surface area contributed by atoms with Crippen LogP contribution in [0.15, 0.2) is 60.7 Å². The first-order valence-electron chi connectivity index (χ1n) is 6.41. The lowest BCUT2D eigenvalue weighted by Crippen LogP contribution is -2.07. The lowest BCUT2D eigenvalue weighted by Gasteiger charge is -2.05. The van der Waals surface area contributed by atoms with E-state index in [2.05, 4.69) is 10.2 Å². The van der Waals surface area contributed by atoms with Crippen LogP contribution in [0.5, 0.6) is 5.75 Å². The Hall–Kier alpha value is -2.64. The van der Waals surface area contributed by atoms with Crippen LogP contribution >= 0.6 is 0 Å². The van der Waals surface area contributed by atoms with E-state index in [1.54, 1.807) is 48.5 Å². The van der Waals surface area contributed by atoms with E-state index in [0.29, 0.717) is 22.5 Å². The molecule has 7 heteroatoms. The van der Waals surface area contributed by atoms with Crippen molar-refractivity contribution in [2.24, 2.45) is 0 Å². The maximum absolute atomic E-state index is 11.2. The summed E-state index contributed by atoms with van der Waals surface area (Å²) in [5.74, 6) is -0.0418. The molecular formula is C15H12N2O4S. The van der Waals surface area contributed by atoms with Gasteiger partial charge in [0.1, 0.15) is 11.4 Å². The van der Waals surface area contributed by atoms with Gasteiger partial charge in [0.2, 0.25) is 0 Å². The van der Waals surface area contributed by atoms with E-state index in [9.17, 15) is 8.42 Å². The van der Waals surface area contributed by atoms with Crippen LogP contribution in [0.2, 0.25) is 0 Å². The number of hydrogen-bond acceptors (Lipinski definition) is 4. The van der Waals surface area contributed by atoms with Gasteiger partial charge in [0.25, 0.3) is 0 Å². The molecule has 0 atom stereocenters. The minimum absolute atomic E-state index is 0.0418. The summed E-state index contributed by atoms with van der Waals surface area (Å²) in [6.45, 7) is 0. The Kier molecular flexibility index (Phi) is 3.66. The second kappa shape index (κ2) is 5.63. The lowest BCUT2D eigenvalue weighted by molar-refractivity contribution is 0.388. The van der Waals surface area contributed by atoms with E-state index in [1.165, 1.54) is 0 Å². The van der Waals surface area contributed by atoms with Crippen LogP contribution in [-0.4, -0.2) is 23.2 Å². The first kappa shape index (κ1) is 14.3. The minimum Gasteiger partial charge on any atom is -0.357 e. The van der Waals surface area contributed by atoms with Gasteiger partial charge < -0.3 is 4.18 Å². The van der Waals surface area contributed by atoms with E-state index >= 15 is 0 Å². The highest BCUT2D eigenvalue weighted by atomic mass is 32.3. The van der Waals surface area contributed by atoms with Gasteiger partial charge in [-0.05, 0) is 0 Å². The van der Waals surface area contributed by atoms with Crippen molar-refractivity contribution in [1.29, 1.82) is 0 Å². The third-order valence-electron chi connectivity index (χ3n) is 3.02. The predicted octanol–water partition coefficient (Wildman–Crippen LogP) is 2.93. The molecule has 0 saturated heterocycles. The van der Waals surface area contributed by atoms with Crippen molar-refractivity contribution in [2.45, 2.75) is 0 Å². The molecule has 0 spiro atoms. The van der Waals surface area contributed by atoms with Gasteiger partial charge >= 0.3 is 10.4 Å². The third-order valence-corrected chi connectivity index (χ3v) is 3.40. The number of H-pyrrole nitrogens is 1. The Bertz CT molecular complexity index is 817. The second-order valence-corrected chi connectivity index (χ2v) is 5.54. The number of benzene rings is 2. The summed E-state index contributed by atoms with van der Waals surface area (Å²) in [7, 11) is -4.67. The third kappa shape index (κ3) is 3.00. The van der Waals surface area contributed by atoms with Gasteiger partial charge in [-0.2, -0.15) is 13.5 Å². The molecule has 0 aliphatic rings. The molecule has 1 aromatic heterocycles. The monoisotopic (exact) mass is 316 g/mol. The zero-order valence-corrected chi connectivity index (χ0v) is 12.1. The molecule has 0 bridgehead atoms. The van der Waals surface area contributed by atoms with Gasteiger partial charge in [-0.15, -0.1) is 0 Å². The highest BCUT2D eigenvalue weighted by Gasteiger charge is 2.22. The van der Waals surface area contributed by atoms with Crippen LogP contribution in [-0.2, 0) is 10.4 Å². The molecule has 0 unspecified atom stereocenters. The highest BCUT2D eigenvalue weighted by molar-refractivity contribution is 7.81. The molecule has 3 rings (SSSR count). The fraction of sp³-hybridized carbons (Fsp3) is 0. The normalized spacial score (nSPS) is 11.3. The summed E-state index contributed by atoms with van der Waals surface area (Å²) < 4.78 is 36.1. The number of aromatic amines is 1. The quantitative estimate of drug-likeness (QED) is 0.722. The van der Waals surface area contributed by atoms with Gasteiger partial charge in [0.15, 0.2) is 5.75 Å². The average molecular weight is 316 g/mol. The topological polar surface area (TPSA) is 92.3 Å². The predicted molar refractivity (Wildman–Crippen MR) is 81.6 cm³/mol. The fourth-order valence-electron chi connectivity index (χ4n) is 2.11. The van der Waals surface area contributed by atoms with Crippen LogP contribution in [0.25, 0.3) is 22.5 Å². The van der Waals surface area contributed by atoms with Crippen molar-refractivity contribution in [3.05, 3.63) is 60.7 Å². The van der Waals surface area contributed by atoms with E-state index in [1.807, 2.05) is 12.1 Å². The van der Waals surface area contributed by atoms with Crippen LogP contribution < -0.4 is 4.18 Å². The molecule has 0 aliphatic carbocycles. The molecule has 0 aliphatic heterocycles. The van der Waals surface area contributed by atoms with Crippen molar-refractivity contribution in [2.75, 3.05) is 0 Å². The number of hydrogen-bond donors (Lipinski definition) is 2. The molecule has 22 heavy (non-hydrogen) atoms. The van der Waals surface area contributed by atoms with Gasteiger partial charge in [-0.1, -0.05) is 60.7 Å². The van der Waals surface area contributed by atoms with Gasteiger partial charge in [0, 0.05) is 11.1 Å². The summed E-state index contributed by atoms with van der Waals surface area (Å²) in [5.41, 5.74) is 2.03. The van der Waals surface area contributed by atoms with Crippen molar-refractivity contribution in [1.82, 2.24) is 10.2 Å². The molecule has 2 N–H and O–H groups in total. The Balaban J connectivity index is 2.18. The smallest absolute Gasteiger partial charge is 0.357 e. The number of nitrogens with zero attached hydrogens (tertiary/aromatic N) is 1. The van der Waals surface area contributed by atoms with Crippen molar-refractivity contribution >= 4 is 10.4 Å². The first-order valence-corrected chi connectivity index (χ1v) is 7.77. The Labute approximate surface area is 127 Å². The first-order chi connectivity index (χ1) is 10.5. The van der Waals surface area contributed by atoms with E-state index in [4.69, 9.17) is 8.74 Å². The Morgan fingerprint density at radius 2 is 1.45 bits per heavy atom. The number of nitrogens with one attached hydrogen (secondary N) is 1. The van der Waals surface area contributed by atoms with Crippen LogP contribution in [0.4, 0.5) is 0 Å². The summed E-state index contributed by atoms with van der Waals surface area (Å²) in [4.78, 5) is 0. The molecule has 0 saturated carbocycles. The largest absolute Gasteiger partial charge is 0.446 e. The molecule has 112 valence electrons. The Morgan fingerprint density at radius 1 is 0.909 bits per heavy atom. The maximum Gasteiger partial charge on any atom is 0.446 e. The van der Waals surface area contributed by atoms with E-state index in [0.717, 1.165) is 0 Å².